The molecule has 5 heteroatoms. The second-order valence-corrected chi connectivity index (χ2v) is 8.72. The maximum absolute atomic E-state index is 5.98. The monoisotopic (exact) mass is 409 g/mol. The molecule has 2 aliphatic rings. The van der Waals surface area contributed by atoms with Crippen LogP contribution in [0.15, 0.2) is 60.0 Å². The standard InChI is InChI=1S/C25H39N5/c1-5-7-20(12-15-26)23-24(27-22-13-17-30(16-6-2)18-14-22)28-29-25(23,4)21-10-8-19(3)9-11-21/h5,7-11,22,27-29H,1,6,12-18,26H2,2-4H3/b20-7+. The first-order valence-electron chi connectivity index (χ1n) is 11.4. The quantitative estimate of drug-likeness (QED) is 0.471. The van der Waals surface area contributed by atoms with Crippen LogP contribution < -0.4 is 21.9 Å². The van der Waals surface area contributed by atoms with Crippen LogP contribution >= 0.6 is 0 Å². The molecule has 1 unspecified atom stereocenters. The molecule has 2 aliphatic heterocycles. The van der Waals surface area contributed by atoms with E-state index in [1.165, 1.54) is 35.2 Å². The number of piperidine rings is 1. The second-order valence-electron chi connectivity index (χ2n) is 8.72. The Bertz CT molecular complexity index is 771. The number of nitrogens with one attached hydrogen (secondary N) is 3. The smallest absolute Gasteiger partial charge is 0.119 e. The fraction of sp³-hybridized carbons (Fsp3) is 0.520. The summed E-state index contributed by atoms with van der Waals surface area (Å²) in [6, 6.07) is 9.25. The molecule has 5 N–H and O–H groups in total. The molecular formula is C25H39N5. The molecule has 0 amide bonds. The van der Waals surface area contributed by atoms with Gasteiger partial charge in [-0.2, -0.15) is 0 Å². The minimum atomic E-state index is -0.344. The van der Waals surface area contributed by atoms with Gasteiger partial charge in [-0.25, -0.2) is 5.43 Å². The highest BCUT2D eigenvalue weighted by atomic mass is 15.5. The largest absolute Gasteiger partial charge is 0.368 e. The van der Waals surface area contributed by atoms with Gasteiger partial charge in [0, 0.05) is 24.7 Å². The van der Waals surface area contributed by atoms with Gasteiger partial charge in [-0.05, 0) is 63.8 Å². The van der Waals surface area contributed by atoms with Crippen LogP contribution in [0.3, 0.4) is 0 Å². The normalized spacial score (nSPS) is 23.5. The average Bonchev–Trinajstić information content (AvgIpc) is 3.07. The molecule has 0 radical (unpaired) electrons. The Labute approximate surface area is 182 Å². The van der Waals surface area contributed by atoms with Gasteiger partial charge in [0.2, 0.25) is 0 Å². The molecule has 0 saturated carbocycles. The van der Waals surface area contributed by atoms with E-state index in [1.807, 2.05) is 6.08 Å². The minimum absolute atomic E-state index is 0.344. The summed E-state index contributed by atoms with van der Waals surface area (Å²) in [5.41, 5.74) is 17.7. The van der Waals surface area contributed by atoms with Crippen LogP contribution in [0.1, 0.15) is 50.7 Å². The number of rotatable bonds is 9. The maximum Gasteiger partial charge on any atom is 0.119 e. The molecule has 30 heavy (non-hydrogen) atoms. The lowest BCUT2D eigenvalue weighted by Crippen LogP contribution is -2.45. The molecule has 0 bridgehead atoms. The highest BCUT2D eigenvalue weighted by Gasteiger charge is 2.40. The summed E-state index contributed by atoms with van der Waals surface area (Å²) >= 11 is 0. The molecule has 164 valence electrons. The van der Waals surface area contributed by atoms with Gasteiger partial charge in [0.05, 0.1) is 5.54 Å². The van der Waals surface area contributed by atoms with Crippen molar-refractivity contribution in [3.8, 4) is 0 Å². The summed E-state index contributed by atoms with van der Waals surface area (Å²) in [5, 5.41) is 3.83. The fourth-order valence-electron chi connectivity index (χ4n) is 4.67. The first-order valence-corrected chi connectivity index (χ1v) is 11.4. The molecule has 0 aromatic heterocycles. The van der Waals surface area contributed by atoms with Crippen molar-refractivity contribution < 1.29 is 0 Å². The number of nitrogens with two attached hydrogens (primary N) is 1. The number of hydrogen-bond donors (Lipinski definition) is 4. The van der Waals surface area contributed by atoms with Crippen molar-refractivity contribution >= 4 is 0 Å². The molecule has 1 aromatic rings. The molecule has 0 spiro atoms. The summed E-state index contributed by atoms with van der Waals surface area (Å²) in [5.74, 6) is 1.08. The number of hydrazine groups is 1. The lowest BCUT2D eigenvalue weighted by atomic mass is 9.80. The predicted molar refractivity (Wildman–Crippen MR) is 127 cm³/mol. The van der Waals surface area contributed by atoms with E-state index >= 15 is 0 Å². The van der Waals surface area contributed by atoms with Crippen LogP contribution in [0, 0.1) is 6.92 Å². The summed E-state index contributed by atoms with van der Waals surface area (Å²) in [6.45, 7) is 14.7. The van der Waals surface area contributed by atoms with E-state index < -0.39 is 0 Å². The second kappa shape index (κ2) is 10.3. The van der Waals surface area contributed by atoms with E-state index in [0.717, 1.165) is 38.2 Å². The van der Waals surface area contributed by atoms with Gasteiger partial charge >= 0.3 is 0 Å². The highest BCUT2D eigenvalue weighted by Crippen LogP contribution is 2.39. The molecule has 0 aliphatic carbocycles. The van der Waals surface area contributed by atoms with Gasteiger partial charge < -0.3 is 21.4 Å². The zero-order valence-electron chi connectivity index (χ0n) is 18.9. The van der Waals surface area contributed by atoms with Crippen LogP contribution in [0.2, 0.25) is 0 Å². The third-order valence-corrected chi connectivity index (χ3v) is 6.35. The van der Waals surface area contributed by atoms with Gasteiger partial charge in [0.15, 0.2) is 0 Å². The van der Waals surface area contributed by atoms with Gasteiger partial charge in [-0.1, -0.05) is 55.5 Å². The Hall–Kier alpha value is -2.08. The third kappa shape index (κ3) is 4.97. The number of benzene rings is 1. The van der Waals surface area contributed by atoms with Crippen LogP contribution in [0.25, 0.3) is 0 Å². The zero-order chi connectivity index (χ0) is 21.6. The predicted octanol–water partition coefficient (Wildman–Crippen LogP) is 3.45. The van der Waals surface area contributed by atoms with Crippen molar-refractivity contribution in [3.05, 3.63) is 71.1 Å². The van der Waals surface area contributed by atoms with Crippen molar-refractivity contribution in [3.63, 3.8) is 0 Å². The number of aryl methyl sites for hydroxylation is 1. The van der Waals surface area contributed by atoms with E-state index in [4.69, 9.17) is 5.73 Å². The fourth-order valence-corrected chi connectivity index (χ4v) is 4.67. The van der Waals surface area contributed by atoms with Crippen molar-refractivity contribution in [2.75, 3.05) is 26.2 Å². The van der Waals surface area contributed by atoms with E-state index in [9.17, 15) is 0 Å². The summed E-state index contributed by atoms with van der Waals surface area (Å²) in [6.07, 6.45) is 8.34. The molecule has 1 saturated heterocycles. The van der Waals surface area contributed by atoms with Crippen molar-refractivity contribution in [1.29, 1.82) is 0 Å². The minimum Gasteiger partial charge on any atom is -0.368 e. The highest BCUT2D eigenvalue weighted by molar-refractivity contribution is 5.51. The van der Waals surface area contributed by atoms with Gasteiger partial charge in [-0.15, -0.1) is 0 Å². The van der Waals surface area contributed by atoms with Gasteiger partial charge in [-0.3, -0.25) is 0 Å². The van der Waals surface area contributed by atoms with Gasteiger partial charge in [0.25, 0.3) is 0 Å². The van der Waals surface area contributed by atoms with Gasteiger partial charge in [0.1, 0.15) is 5.82 Å². The molecule has 1 aromatic carbocycles. The summed E-state index contributed by atoms with van der Waals surface area (Å²) in [4.78, 5) is 2.57. The molecular weight excluding hydrogens is 370 g/mol. The van der Waals surface area contributed by atoms with E-state index in [-0.39, 0.29) is 5.54 Å². The Morgan fingerprint density at radius 3 is 2.60 bits per heavy atom. The van der Waals surface area contributed by atoms with Crippen molar-refractivity contribution in [1.82, 2.24) is 21.1 Å². The Kier molecular flexibility index (Phi) is 7.75. The Morgan fingerprint density at radius 2 is 2.00 bits per heavy atom. The van der Waals surface area contributed by atoms with Crippen molar-refractivity contribution in [2.45, 2.75) is 58.0 Å². The molecule has 3 rings (SSSR count). The van der Waals surface area contributed by atoms with E-state index in [1.54, 1.807) is 0 Å². The molecule has 2 heterocycles. The van der Waals surface area contributed by atoms with E-state index in [0.29, 0.717) is 12.6 Å². The molecule has 1 fully saturated rings. The van der Waals surface area contributed by atoms with Crippen LogP contribution in [-0.4, -0.2) is 37.1 Å². The van der Waals surface area contributed by atoms with Crippen molar-refractivity contribution in [2.24, 2.45) is 5.73 Å². The first-order chi connectivity index (χ1) is 14.5. The Balaban J connectivity index is 1.91. The lowest BCUT2D eigenvalue weighted by Gasteiger charge is -2.33. The number of hydrogen-bond acceptors (Lipinski definition) is 5. The lowest BCUT2D eigenvalue weighted by molar-refractivity contribution is 0.201. The van der Waals surface area contributed by atoms with Crippen LogP contribution in [0.4, 0.5) is 0 Å². The maximum atomic E-state index is 5.98. The Morgan fingerprint density at radius 1 is 1.30 bits per heavy atom. The van der Waals surface area contributed by atoms with E-state index in [2.05, 4.69) is 78.8 Å². The molecule has 5 nitrogen and oxygen atoms in total. The number of allylic oxidation sites excluding steroid dienone is 2. The number of likely N-dealkylation sites (tertiary alicyclic amines) is 1. The topological polar surface area (TPSA) is 65.3 Å². The molecule has 1 atom stereocenters. The average molecular weight is 410 g/mol. The summed E-state index contributed by atoms with van der Waals surface area (Å²) in [7, 11) is 0. The SMILES string of the molecule is C=C/C=C(\CCN)C1=C(NC2CCN(CCC)CC2)NNC1(C)c1ccc(C)cc1. The van der Waals surface area contributed by atoms with Crippen LogP contribution in [0.5, 0.6) is 0 Å². The third-order valence-electron chi connectivity index (χ3n) is 6.35. The van der Waals surface area contributed by atoms with Crippen LogP contribution in [-0.2, 0) is 5.54 Å². The zero-order valence-corrected chi connectivity index (χ0v) is 18.9. The summed E-state index contributed by atoms with van der Waals surface area (Å²) < 4.78 is 0. The first kappa shape index (κ1) is 22.6. The number of nitrogens with zero attached hydrogens (tertiary/aromatic N) is 1.